The van der Waals surface area contributed by atoms with E-state index >= 15 is 0 Å². The van der Waals surface area contributed by atoms with Gasteiger partial charge in [0.1, 0.15) is 5.65 Å². The van der Waals surface area contributed by atoms with E-state index < -0.39 is 0 Å². The maximum atomic E-state index is 13.2. The van der Waals surface area contributed by atoms with Crippen LogP contribution in [0.25, 0.3) is 39.2 Å². The molecule has 0 spiro atoms. The molecule has 1 saturated heterocycles. The standard InChI is InChI=1S/C38H38Cl2N6O4/c1-50-37-23(16-42-20-27-9-11-34(48)44-27)8-10-32(45-37)31-7-3-6-30(36(31)40)29-5-2-4-28(35(29)39)22-12-13-46-33(15-22)43-19-26(38(46)49)18-41-17-24-14-25(24)21-47/h2-8,10,12-13,15,19,24-25,27,41-42,47H,9,11,14,16-18,20-21H2,1H3,(H,44,48)/t24-,25+,27-/m1/s1. The summed E-state index contributed by atoms with van der Waals surface area (Å²) in [6, 6.07) is 19.3. The van der Waals surface area contributed by atoms with Gasteiger partial charge in [0.25, 0.3) is 5.56 Å². The minimum Gasteiger partial charge on any atom is -0.481 e. The van der Waals surface area contributed by atoms with Gasteiger partial charge in [-0.15, -0.1) is 0 Å². The third-order valence-corrected chi connectivity index (χ3v) is 10.4. The van der Waals surface area contributed by atoms with Crippen molar-refractivity contribution in [1.82, 2.24) is 30.3 Å². The first-order valence-electron chi connectivity index (χ1n) is 16.8. The first-order valence-corrected chi connectivity index (χ1v) is 17.5. The van der Waals surface area contributed by atoms with Gasteiger partial charge in [-0.05, 0) is 55.0 Å². The Balaban J connectivity index is 1.11. The molecule has 2 aromatic carbocycles. The van der Waals surface area contributed by atoms with Crippen molar-refractivity contribution in [1.29, 1.82) is 0 Å². The van der Waals surface area contributed by atoms with Gasteiger partial charge in [-0.25, -0.2) is 9.97 Å². The minimum atomic E-state index is -0.124. The number of benzene rings is 2. The normalized spacial score (nSPS) is 18.4. The fraction of sp³-hybridized carbons (Fsp3) is 0.316. The number of carbonyl (C=O) groups is 1. The number of hydrogen-bond donors (Lipinski definition) is 4. The second-order valence-electron chi connectivity index (χ2n) is 12.9. The second-order valence-corrected chi connectivity index (χ2v) is 13.7. The molecule has 4 N–H and O–H groups in total. The molecular weight excluding hydrogens is 675 g/mol. The van der Waals surface area contributed by atoms with Gasteiger partial charge >= 0.3 is 0 Å². The van der Waals surface area contributed by atoms with Crippen molar-refractivity contribution < 1.29 is 14.6 Å². The Kier molecular flexibility index (Phi) is 10.2. The van der Waals surface area contributed by atoms with Crippen molar-refractivity contribution >= 4 is 34.8 Å². The molecule has 3 atom stereocenters. The van der Waals surface area contributed by atoms with Gasteiger partial charge in [0.2, 0.25) is 11.8 Å². The number of nitrogens with one attached hydrogen (secondary N) is 3. The third kappa shape index (κ3) is 7.12. The maximum Gasteiger partial charge on any atom is 0.262 e. The predicted octanol–water partition coefficient (Wildman–Crippen LogP) is 5.49. The molecule has 258 valence electrons. The molecule has 7 rings (SSSR count). The van der Waals surface area contributed by atoms with Gasteiger partial charge in [-0.1, -0.05) is 65.7 Å². The zero-order valence-corrected chi connectivity index (χ0v) is 29.1. The lowest BCUT2D eigenvalue weighted by Crippen LogP contribution is -2.35. The summed E-state index contributed by atoms with van der Waals surface area (Å²) in [6.45, 7) is 2.62. The molecular formula is C38H38Cl2N6O4. The number of rotatable bonds is 13. The van der Waals surface area contributed by atoms with Crippen LogP contribution in [0.4, 0.5) is 0 Å². The first-order chi connectivity index (χ1) is 24.3. The zero-order valence-electron chi connectivity index (χ0n) is 27.6. The lowest BCUT2D eigenvalue weighted by Gasteiger charge is -2.16. The summed E-state index contributed by atoms with van der Waals surface area (Å²) in [5.74, 6) is 1.43. The Hall–Kier alpha value is -4.32. The van der Waals surface area contributed by atoms with Crippen LogP contribution in [-0.4, -0.2) is 58.2 Å². The molecule has 1 amide bonds. The monoisotopic (exact) mass is 712 g/mol. The SMILES string of the molecule is COc1nc(-c2cccc(-c3cccc(-c4ccn5c(=O)c(CNC[C@H]6C[C@H]6CO)cnc5c4)c3Cl)c2Cl)ccc1CNC[C@H]1CCC(=O)N1. The Morgan fingerprint density at radius 1 is 0.920 bits per heavy atom. The molecule has 1 aliphatic carbocycles. The van der Waals surface area contributed by atoms with Crippen molar-refractivity contribution in [2.45, 2.75) is 38.4 Å². The van der Waals surface area contributed by atoms with Gasteiger partial charge in [0.15, 0.2) is 0 Å². The van der Waals surface area contributed by atoms with E-state index in [4.69, 9.17) is 32.9 Å². The highest BCUT2D eigenvalue weighted by atomic mass is 35.5. The number of methoxy groups -OCH3 is 1. The summed E-state index contributed by atoms with van der Waals surface area (Å²) in [6.07, 6.45) is 5.77. The molecule has 5 aromatic rings. The van der Waals surface area contributed by atoms with E-state index in [1.165, 1.54) is 0 Å². The molecule has 50 heavy (non-hydrogen) atoms. The van der Waals surface area contributed by atoms with E-state index in [1.807, 2.05) is 60.7 Å². The smallest absolute Gasteiger partial charge is 0.262 e. The quantitative estimate of drug-likeness (QED) is 0.126. The number of halogens is 2. The molecule has 0 radical (unpaired) electrons. The highest BCUT2D eigenvalue weighted by Gasteiger charge is 2.35. The molecule has 4 heterocycles. The van der Waals surface area contributed by atoms with E-state index in [-0.39, 0.29) is 24.1 Å². The van der Waals surface area contributed by atoms with E-state index in [9.17, 15) is 14.7 Å². The summed E-state index contributed by atoms with van der Waals surface area (Å²) in [4.78, 5) is 34.1. The Morgan fingerprint density at radius 3 is 2.36 bits per heavy atom. The van der Waals surface area contributed by atoms with Crippen molar-refractivity contribution in [2.24, 2.45) is 11.8 Å². The van der Waals surface area contributed by atoms with E-state index in [1.54, 1.807) is 23.9 Å². The number of amides is 1. The average molecular weight is 714 g/mol. The van der Waals surface area contributed by atoms with Crippen LogP contribution in [-0.2, 0) is 17.9 Å². The second kappa shape index (κ2) is 14.9. The van der Waals surface area contributed by atoms with Gasteiger partial charge < -0.3 is 25.8 Å². The van der Waals surface area contributed by atoms with Crippen LogP contribution in [0, 0.1) is 11.8 Å². The van der Waals surface area contributed by atoms with Crippen LogP contribution in [0.3, 0.4) is 0 Å². The number of fused-ring (bicyclic) bond motifs is 1. The zero-order chi connectivity index (χ0) is 34.8. The topological polar surface area (TPSA) is 130 Å². The molecule has 10 nitrogen and oxygen atoms in total. The highest BCUT2D eigenvalue weighted by Crippen LogP contribution is 2.42. The van der Waals surface area contributed by atoms with Crippen molar-refractivity contribution in [3.63, 3.8) is 0 Å². The van der Waals surface area contributed by atoms with Gasteiger partial charge in [-0.2, -0.15) is 0 Å². The molecule has 2 aliphatic rings. The molecule has 1 aliphatic heterocycles. The van der Waals surface area contributed by atoms with E-state index in [2.05, 4.69) is 20.9 Å². The van der Waals surface area contributed by atoms with Crippen LogP contribution < -0.4 is 26.2 Å². The lowest BCUT2D eigenvalue weighted by molar-refractivity contribution is -0.119. The van der Waals surface area contributed by atoms with Crippen LogP contribution >= 0.6 is 23.2 Å². The van der Waals surface area contributed by atoms with E-state index in [0.717, 1.165) is 52.8 Å². The number of aliphatic hydroxyl groups excluding tert-OH is 1. The number of nitrogens with zero attached hydrogens (tertiary/aromatic N) is 3. The predicted molar refractivity (Wildman–Crippen MR) is 195 cm³/mol. The molecule has 12 heteroatoms. The van der Waals surface area contributed by atoms with Crippen molar-refractivity contribution in [3.8, 4) is 39.4 Å². The number of carbonyl (C=O) groups excluding carboxylic acids is 1. The Labute approximate surface area is 299 Å². The third-order valence-electron chi connectivity index (χ3n) is 9.60. The van der Waals surface area contributed by atoms with Crippen molar-refractivity contribution in [3.05, 3.63) is 105 Å². The van der Waals surface area contributed by atoms with Crippen LogP contribution in [0.5, 0.6) is 5.88 Å². The number of aliphatic hydroxyl groups is 1. The number of hydrogen-bond acceptors (Lipinski definition) is 8. The lowest BCUT2D eigenvalue weighted by atomic mass is 9.97. The van der Waals surface area contributed by atoms with Gasteiger partial charge in [-0.3, -0.25) is 14.0 Å². The summed E-state index contributed by atoms with van der Waals surface area (Å²) in [5, 5.41) is 20.0. The van der Waals surface area contributed by atoms with E-state index in [0.29, 0.717) is 70.7 Å². The fourth-order valence-electron chi connectivity index (χ4n) is 6.62. The molecule has 0 bridgehead atoms. The number of aromatic nitrogens is 3. The summed E-state index contributed by atoms with van der Waals surface area (Å²) >= 11 is 14.2. The summed E-state index contributed by atoms with van der Waals surface area (Å²) < 4.78 is 7.19. The van der Waals surface area contributed by atoms with Crippen LogP contribution in [0.15, 0.2) is 77.9 Å². The summed E-state index contributed by atoms with van der Waals surface area (Å²) in [5.41, 5.74) is 6.39. The maximum absolute atomic E-state index is 13.2. The molecule has 2 fully saturated rings. The van der Waals surface area contributed by atoms with Crippen LogP contribution in [0.2, 0.25) is 10.0 Å². The van der Waals surface area contributed by atoms with Crippen LogP contribution in [0.1, 0.15) is 30.4 Å². The van der Waals surface area contributed by atoms with Gasteiger partial charge in [0, 0.05) is 84.5 Å². The first kappa shape index (κ1) is 34.1. The molecule has 1 saturated carbocycles. The number of ether oxygens (including phenoxy) is 1. The van der Waals surface area contributed by atoms with Gasteiger partial charge in [0.05, 0.1) is 22.8 Å². The van der Waals surface area contributed by atoms with Crippen molar-refractivity contribution in [2.75, 3.05) is 26.8 Å². The average Bonchev–Trinajstić information content (AvgIpc) is 3.77. The largest absolute Gasteiger partial charge is 0.481 e. The summed E-state index contributed by atoms with van der Waals surface area (Å²) in [7, 11) is 1.59. The Bertz CT molecular complexity index is 2120. The fourth-order valence-corrected chi connectivity index (χ4v) is 7.28. The molecule has 3 aromatic heterocycles. The highest BCUT2D eigenvalue weighted by molar-refractivity contribution is 6.39. The minimum absolute atomic E-state index is 0.0947. The Morgan fingerprint density at radius 2 is 1.64 bits per heavy atom. The molecule has 0 unspecified atom stereocenters. The number of pyridine rings is 2.